The van der Waals surface area contributed by atoms with Crippen LogP contribution < -0.4 is 0 Å². The number of halogens is 2. The number of hydrogen-bond acceptors (Lipinski definition) is 2. The van der Waals surface area contributed by atoms with Crippen LogP contribution in [0.5, 0.6) is 0 Å². The molecule has 5 heteroatoms. The number of carboxylic acids is 1. The zero-order valence-corrected chi connectivity index (χ0v) is 10.1. The molecule has 0 aliphatic rings. The molecule has 0 saturated carbocycles. The molecule has 0 fully saturated rings. The fraction of sp³-hybridized carbons (Fsp3) is 0.462. The summed E-state index contributed by atoms with van der Waals surface area (Å²) < 4.78 is 26.9. The van der Waals surface area contributed by atoms with Gasteiger partial charge in [0.05, 0.1) is 17.6 Å². The highest BCUT2D eigenvalue weighted by Crippen LogP contribution is 2.30. The first-order valence-corrected chi connectivity index (χ1v) is 5.83. The van der Waals surface area contributed by atoms with Gasteiger partial charge in [-0.15, -0.1) is 0 Å². The predicted molar refractivity (Wildman–Crippen MR) is 62.0 cm³/mol. The lowest BCUT2D eigenvalue weighted by atomic mass is 9.90. The molecule has 2 unspecified atom stereocenters. The predicted octanol–water partition coefficient (Wildman–Crippen LogP) is 2.89. The minimum Gasteiger partial charge on any atom is -0.481 e. The SMILES string of the molecule is CCCCC(C(=O)O)C(O)c1c(F)cccc1F. The van der Waals surface area contributed by atoms with E-state index in [1.54, 1.807) is 0 Å². The van der Waals surface area contributed by atoms with Crippen LogP contribution in [0.2, 0.25) is 0 Å². The van der Waals surface area contributed by atoms with Crippen LogP contribution in [0.1, 0.15) is 37.9 Å². The van der Waals surface area contributed by atoms with Gasteiger partial charge in [0.25, 0.3) is 0 Å². The first-order chi connectivity index (χ1) is 8.49. The lowest BCUT2D eigenvalue weighted by Gasteiger charge is -2.20. The third-order valence-corrected chi connectivity index (χ3v) is 2.86. The van der Waals surface area contributed by atoms with Crippen LogP contribution >= 0.6 is 0 Å². The van der Waals surface area contributed by atoms with Crippen molar-refractivity contribution < 1.29 is 23.8 Å². The molecule has 0 aliphatic carbocycles. The van der Waals surface area contributed by atoms with Gasteiger partial charge in [-0.1, -0.05) is 25.8 Å². The second-order valence-electron chi connectivity index (χ2n) is 4.17. The normalized spacial score (nSPS) is 14.2. The van der Waals surface area contributed by atoms with Crippen molar-refractivity contribution in [2.24, 2.45) is 5.92 Å². The van der Waals surface area contributed by atoms with Gasteiger partial charge in [0.2, 0.25) is 0 Å². The highest BCUT2D eigenvalue weighted by Gasteiger charge is 2.31. The molecule has 0 amide bonds. The molecule has 18 heavy (non-hydrogen) atoms. The molecule has 0 bridgehead atoms. The Balaban J connectivity index is 3.01. The number of aliphatic hydroxyl groups excluding tert-OH is 1. The molecular formula is C13H16F2O3. The highest BCUT2D eigenvalue weighted by molar-refractivity contribution is 5.71. The van der Waals surface area contributed by atoms with E-state index in [9.17, 15) is 18.7 Å². The molecular weight excluding hydrogens is 242 g/mol. The summed E-state index contributed by atoms with van der Waals surface area (Å²) in [6, 6.07) is 3.17. The summed E-state index contributed by atoms with van der Waals surface area (Å²) in [6.45, 7) is 1.87. The third-order valence-electron chi connectivity index (χ3n) is 2.86. The van der Waals surface area contributed by atoms with E-state index in [1.807, 2.05) is 6.92 Å². The van der Waals surface area contributed by atoms with Crippen LogP contribution in [0, 0.1) is 17.6 Å². The van der Waals surface area contributed by atoms with E-state index in [0.29, 0.717) is 6.42 Å². The first kappa shape index (κ1) is 14.6. The van der Waals surface area contributed by atoms with Crippen LogP contribution in [0.3, 0.4) is 0 Å². The summed E-state index contributed by atoms with van der Waals surface area (Å²) in [5.41, 5.74) is -0.569. The monoisotopic (exact) mass is 258 g/mol. The van der Waals surface area contributed by atoms with Crippen LogP contribution in [-0.2, 0) is 4.79 Å². The van der Waals surface area contributed by atoms with E-state index in [1.165, 1.54) is 6.07 Å². The van der Waals surface area contributed by atoms with Crippen LogP contribution in [0.4, 0.5) is 8.78 Å². The van der Waals surface area contributed by atoms with Gasteiger partial charge in [-0.3, -0.25) is 4.79 Å². The number of rotatable bonds is 6. The summed E-state index contributed by atoms with van der Waals surface area (Å²) in [7, 11) is 0. The molecule has 0 saturated heterocycles. The Hall–Kier alpha value is -1.49. The molecule has 1 aromatic carbocycles. The van der Waals surface area contributed by atoms with E-state index >= 15 is 0 Å². The Morgan fingerprint density at radius 1 is 1.33 bits per heavy atom. The van der Waals surface area contributed by atoms with Crippen molar-refractivity contribution in [3.63, 3.8) is 0 Å². The van der Waals surface area contributed by atoms with Gasteiger partial charge in [-0.25, -0.2) is 8.78 Å². The lowest BCUT2D eigenvalue weighted by molar-refractivity contribution is -0.146. The number of carbonyl (C=O) groups is 1. The van der Waals surface area contributed by atoms with Gasteiger partial charge in [-0.05, 0) is 18.6 Å². The summed E-state index contributed by atoms with van der Waals surface area (Å²) in [6.07, 6.45) is -0.170. The van der Waals surface area contributed by atoms with Crippen LogP contribution in [0.15, 0.2) is 18.2 Å². The zero-order chi connectivity index (χ0) is 13.7. The van der Waals surface area contributed by atoms with Crippen molar-refractivity contribution in [2.75, 3.05) is 0 Å². The molecule has 100 valence electrons. The van der Waals surface area contributed by atoms with Gasteiger partial charge in [0.15, 0.2) is 0 Å². The molecule has 1 rings (SSSR count). The Morgan fingerprint density at radius 2 is 1.89 bits per heavy atom. The zero-order valence-electron chi connectivity index (χ0n) is 10.1. The molecule has 1 aromatic rings. The second kappa shape index (κ2) is 6.44. The maximum absolute atomic E-state index is 13.5. The van der Waals surface area contributed by atoms with Gasteiger partial charge in [0, 0.05) is 0 Å². The first-order valence-electron chi connectivity index (χ1n) is 5.83. The van der Waals surface area contributed by atoms with Gasteiger partial charge in [0.1, 0.15) is 11.6 Å². The Labute approximate surface area is 104 Å². The smallest absolute Gasteiger partial charge is 0.309 e. The molecule has 0 aromatic heterocycles. The minimum atomic E-state index is -1.67. The van der Waals surface area contributed by atoms with Crippen molar-refractivity contribution in [2.45, 2.75) is 32.3 Å². The summed E-state index contributed by atoms with van der Waals surface area (Å²) in [4.78, 5) is 11.0. The van der Waals surface area contributed by atoms with E-state index in [0.717, 1.165) is 18.6 Å². The van der Waals surface area contributed by atoms with E-state index in [2.05, 4.69) is 0 Å². The average Bonchev–Trinajstić information content (AvgIpc) is 2.28. The van der Waals surface area contributed by atoms with Gasteiger partial charge in [-0.2, -0.15) is 0 Å². The van der Waals surface area contributed by atoms with Crippen molar-refractivity contribution >= 4 is 5.97 Å². The number of benzene rings is 1. The topological polar surface area (TPSA) is 57.5 Å². The van der Waals surface area contributed by atoms with E-state index in [-0.39, 0.29) is 6.42 Å². The van der Waals surface area contributed by atoms with Gasteiger partial charge >= 0.3 is 5.97 Å². The molecule has 3 nitrogen and oxygen atoms in total. The Bertz CT molecular complexity index is 400. The lowest BCUT2D eigenvalue weighted by Crippen LogP contribution is -2.23. The minimum absolute atomic E-state index is 0.181. The highest BCUT2D eigenvalue weighted by atomic mass is 19.1. The van der Waals surface area contributed by atoms with Crippen molar-refractivity contribution in [1.82, 2.24) is 0 Å². The quantitative estimate of drug-likeness (QED) is 0.824. The molecule has 0 spiro atoms. The van der Waals surface area contributed by atoms with Crippen molar-refractivity contribution in [3.8, 4) is 0 Å². The van der Waals surface area contributed by atoms with Gasteiger partial charge < -0.3 is 10.2 Å². The Morgan fingerprint density at radius 3 is 2.33 bits per heavy atom. The van der Waals surface area contributed by atoms with E-state index < -0.39 is 35.2 Å². The number of aliphatic carboxylic acids is 1. The fourth-order valence-corrected chi connectivity index (χ4v) is 1.83. The fourth-order valence-electron chi connectivity index (χ4n) is 1.83. The second-order valence-corrected chi connectivity index (χ2v) is 4.17. The molecule has 0 radical (unpaired) electrons. The average molecular weight is 258 g/mol. The maximum atomic E-state index is 13.5. The number of aliphatic hydroxyl groups is 1. The van der Waals surface area contributed by atoms with Crippen molar-refractivity contribution in [1.29, 1.82) is 0 Å². The standard InChI is InChI=1S/C13H16F2O3/c1-2-3-5-8(13(17)18)12(16)11-9(14)6-4-7-10(11)15/h4,6-8,12,16H,2-3,5H2,1H3,(H,17,18). The van der Waals surface area contributed by atoms with Crippen LogP contribution in [0.25, 0.3) is 0 Å². The summed E-state index contributed by atoms with van der Waals surface area (Å²) in [5, 5.41) is 18.9. The third kappa shape index (κ3) is 3.26. The molecule has 0 heterocycles. The van der Waals surface area contributed by atoms with Crippen molar-refractivity contribution in [3.05, 3.63) is 35.4 Å². The summed E-state index contributed by atoms with van der Waals surface area (Å²) >= 11 is 0. The van der Waals surface area contributed by atoms with Crippen LogP contribution in [-0.4, -0.2) is 16.2 Å². The summed E-state index contributed by atoms with van der Waals surface area (Å²) in [5.74, 6) is -4.30. The number of carboxylic acid groups (broad SMARTS) is 1. The van der Waals surface area contributed by atoms with E-state index in [4.69, 9.17) is 5.11 Å². The number of hydrogen-bond donors (Lipinski definition) is 2. The number of unbranched alkanes of at least 4 members (excludes halogenated alkanes) is 1. The Kier molecular flexibility index (Phi) is 5.22. The molecule has 0 aliphatic heterocycles. The maximum Gasteiger partial charge on any atom is 0.309 e. The molecule has 2 atom stereocenters. The molecule has 2 N–H and O–H groups in total. The largest absolute Gasteiger partial charge is 0.481 e.